The Bertz CT molecular complexity index is 382. The summed E-state index contributed by atoms with van der Waals surface area (Å²) in [5, 5.41) is 12.5. The molecule has 2 N–H and O–H groups in total. The number of nitrogens with one attached hydrogen (secondary N) is 1. The Hall–Kier alpha value is -0.580. The first-order chi connectivity index (χ1) is 9.08. The lowest BCUT2D eigenvalue weighted by Gasteiger charge is -2.23. The van der Waals surface area contributed by atoms with Gasteiger partial charge in [-0.2, -0.15) is 0 Å². The fourth-order valence-corrected chi connectivity index (χ4v) is 2.47. The van der Waals surface area contributed by atoms with Gasteiger partial charge in [0.1, 0.15) is 0 Å². The third-order valence-electron chi connectivity index (χ3n) is 3.02. The van der Waals surface area contributed by atoms with E-state index in [-0.39, 0.29) is 6.61 Å². The van der Waals surface area contributed by atoms with Crippen LogP contribution in [0.4, 0.5) is 5.69 Å². The van der Waals surface area contributed by atoms with Crippen molar-refractivity contribution in [3.8, 4) is 0 Å². The summed E-state index contributed by atoms with van der Waals surface area (Å²) in [6, 6.07) is 6.40. The lowest BCUT2D eigenvalue weighted by atomic mass is 10.1. The van der Waals surface area contributed by atoms with Crippen LogP contribution in [-0.2, 0) is 6.54 Å². The number of hydrogen-bond acceptors (Lipinski definition) is 3. The van der Waals surface area contributed by atoms with E-state index in [1.54, 1.807) is 0 Å². The van der Waals surface area contributed by atoms with E-state index in [0.717, 1.165) is 29.8 Å². The number of halogens is 1. The maximum atomic E-state index is 9.06. The van der Waals surface area contributed by atoms with Gasteiger partial charge in [0.2, 0.25) is 0 Å². The number of aliphatic hydroxyl groups excluding tert-OH is 1. The Kier molecular flexibility index (Phi) is 7.42. The maximum absolute atomic E-state index is 9.06. The van der Waals surface area contributed by atoms with Gasteiger partial charge < -0.3 is 15.3 Å². The minimum absolute atomic E-state index is 0.184. The van der Waals surface area contributed by atoms with Gasteiger partial charge in [-0.1, -0.05) is 35.8 Å². The average Bonchev–Trinajstić information content (AvgIpc) is 2.37. The molecular weight excluding hydrogens is 304 g/mol. The minimum Gasteiger partial charge on any atom is -0.395 e. The second-order valence-corrected chi connectivity index (χ2v) is 5.96. The second kappa shape index (κ2) is 8.56. The average molecular weight is 329 g/mol. The van der Waals surface area contributed by atoms with Crippen LogP contribution in [-0.4, -0.2) is 31.3 Å². The fourth-order valence-electron chi connectivity index (χ4n) is 1.96. The molecule has 4 heteroatoms. The zero-order chi connectivity index (χ0) is 14.3. The molecule has 0 amide bonds. The van der Waals surface area contributed by atoms with Gasteiger partial charge in [-0.25, -0.2) is 0 Å². The summed E-state index contributed by atoms with van der Waals surface area (Å²) < 4.78 is 1.12. The molecule has 0 aliphatic carbocycles. The quantitative estimate of drug-likeness (QED) is 0.770. The molecule has 0 atom stereocenters. The van der Waals surface area contributed by atoms with Crippen LogP contribution >= 0.6 is 15.9 Å². The van der Waals surface area contributed by atoms with Crippen LogP contribution in [0.5, 0.6) is 0 Å². The zero-order valence-electron chi connectivity index (χ0n) is 12.1. The molecule has 0 aliphatic rings. The molecule has 0 bridgehead atoms. The molecule has 19 heavy (non-hydrogen) atoms. The highest BCUT2D eigenvalue weighted by molar-refractivity contribution is 9.10. The zero-order valence-corrected chi connectivity index (χ0v) is 13.7. The number of hydrogen-bond donors (Lipinski definition) is 2. The Morgan fingerprint density at radius 1 is 1.37 bits per heavy atom. The van der Waals surface area contributed by atoms with Crippen molar-refractivity contribution in [1.82, 2.24) is 5.32 Å². The van der Waals surface area contributed by atoms with Crippen LogP contribution in [0.15, 0.2) is 22.7 Å². The Morgan fingerprint density at radius 3 is 2.63 bits per heavy atom. The van der Waals surface area contributed by atoms with Gasteiger partial charge in [-0.15, -0.1) is 0 Å². The van der Waals surface area contributed by atoms with E-state index in [1.165, 1.54) is 5.56 Å². The summed E-state index contributed by atoms with van der Waals surface area (Å²) in [5.41, 5.74) is 2.42. The first kappa shape index (κ1) is 16.5. The minimum atomic E-state index is 0.184. The molecular formula is C15H25BrN2O. The van der Waals surface area contributed by atoms with Crippen LogP contribution in [0.3, 0.4) is 0 Å². The normalized spacial score (nSPS) is 11.1. The van der Waals surface area contributed by atoms with Gasteiger partial charge in [-0.05, 0) is 37.1 Å². The predicted molar refractivity (Wildman–Crippen MR) is 85.7 cm³/mol. The number of aliphatic hydroxyl groups is 1. The molecule has 0 radical (unpaired) electrons. The maximum Gasteiger partial charge on any atom is 0.0606 e. The fraction of sp³-hybridized carbons (Fsp3) is 0.600. The molecule has 0 saturated heterocycles. The summed E-state index contributed by atoms with van der Waals surface area (Å²) in [6.45, 7) is 10.2. The SMILES string of the molecule is CCN(CCO)c1ccc(CNCC(C)C)c(Br)c1. The van der Waals surface area contributed by atoms with Gasteiger partial charge in [0.25, 0.3) is 0 Å². The van der Waals surface area contributed by atoms with Crippen molar-refractivity contribution in [1.29, 1.82) is 0 Å². The van der Waals surface area contributed by atoms with E-state index in [4.69, 9.17) is 5.11 Å². The Morgan fingerprint density at radius 2 is 2.11 bits per heavy atom. The standard InChI is InChI=1S/C15H25BrN2O/c1-4-18(7-8-19)14-6-5-13(15(16)9-14)11-17-10-12(2)3/h5-6,9,12,17,19H,4,7-8,10-11H2,1-3H3. The third kappa shape index (κ3) is 5.51. The largest absolute Gasteiger partial charge is 0.395 e. The van der Waals surface area contributed by atoms with Crippen molar-refractivity contribution in [2.75, 3.05) is 31.1 Å². The highest BCUT2D eigenvalue weighted by atomic mass is 79.9. The van der Waals surface area contributed by atoms with E-state index in [9.17, 15) is 0 Å². The van der Waals surface area contributed by atoms with Crippen LogP contribution < -0.4 is 10.2 Å². The first-order valence-electron chi connectivity index (χ1n) is 6.93. The number of benzene rings is 1. The molecule has 0 heterocycles. The number of nitrogens with zero attached hydrogens (tertiary/aromatic N) is 1. The molecule has 1 aromatic rings. The summed E-state index contributed by atoms with van der Waals surface area (Å²) in [6.07, 6.45) is 0. The lowest BCUT2D eigenvalue weighted by molar-refractivity contribution is 0.302. The van der Waals surface area contributed by atoms with Gasteiger partial charge in [0.05, 0.1) is 6.61 Å². The molecule has 3 nitrogen and oxygen atoms in total. The molecule has 108 valence electrons. The Labute approximate surface area is 125 Å². The number of anilines is 1. The smallest absolute Gasteiger partial charge is 0.0606 e. The molecule has 0 unspecified atom stereocenters. The molecule has 1 aromatic carbocycles. The molecule has 0 fully saturated rings. The molecule has 0 aliphatic heterocycles. The summed E-state index contributed by atoms with van der Waals surface area (Å²) >= 11 is 3.63. The van der Waals surface area contributed by atoms with Crippen molar-refractivity contribution in [3.05, 3.63) is 28.2 Å². The predicted octanol–water partition coefficient (Wildman–Crippen LogP) is 3.01. The lowest BCUT2D eigenvalue weighted by Crippen LogP contribution is -2.26. The number of rotatable bonds is 8. The van der Waals surface area contributed by atoms with E-state index in [1.807, 2.05) is 0 Å². The van der Waals surface area contributed by atoms with Crippen molar-refractivity contribution < 1.29 is 5.11 Å². The van der Waals surface area contributed by atoms with Crippen molar-refractivity contribution in [2.24, 2.45) is 5.92 Å². The van der Waals surface area contributed by atoms with Crippen molar-refractivity contribution in [3.63, 3.8) is 0 Å². The van der Waals surface area contributed by atoms with E-state index >= 15 is 0 Å². The van der Waals surface area contributed by atoms with Gasteiger partial charge >= 0.3 is 0 Å². The van der Waals surface area contributed by atoms with Crippen molar-refractivity contribution >= 4 is 21.6 Å². The number of likely N-dealkylation sites (N-methyl/N-ethyl adjacent to an activating group) is 1. The van der Waals surface area contributed by atoms with Crippen LogP contribution in [0.25, 0.3) is 0 Å². The second-order valence-electron chi connectivity index (χ2n) is 5.10. The summed E-state index contributed by atoms with van der Waals surface area (Å²) in [7, 11) is 0. The van der Waals surface area contributed by atoms with Gasteiger partial charge in [-0.3, -0.25) is 0 Å². The Balaban J connectivity index is 2.68. The van der Waals surface area contributed by atoms with E-state index in [0.29, 0.717) is 12.5 Å². The molecule has 0 saturated carbocycles. The summed E-state index contributed by atoms with van der Waals surface area (Å²) in [4.78, 5) is 2.16. The van der Waals surface area contributed by atoms with Gasteiger partial charge in [0.15, 0.2) is 0 Å². The van der Waals surface area contributed by atoms with Crippen LogP contribution in [0, 0.1) is 5.92 Å². The van der Waals surface area contributed by atoms with Crippen LogP contribution in [0.2, 0.25) is 0 Å². The highest BCUT2D eigenvalue weighted by Crippen LogP contribution is 2.24. The highest BCUT2D eigenvalue weighted by Gasteiger charge is 2.07. The molecule has 0 spiro atoms. The van der Waals surface area contributed by atoms with Crippen LogP contribution in [0.1, 0.15) is 26.3 Å². The van der Waals surface area contributed by atoms with Crippen molar-refractivity contribution in [2.45, 2.75) is 27.3 Å². The molecule has 1 rings (SSSR count). The third-order valence-corrected chi connectivity index (χ3v) is 3.76. The molecule has 0 aromatic heterocycles. The van der Waals surface area contributed by atoms with E-state index in [2.05, 4.69) is 65.1 Å². The van der Waals surface area contributed by atoms with Gasteiger partial charge in [0, 0.05) is 29.8 Å². The monoisotopic (exact) mass is 328 g/mol. The topological polar surface area (TPSA) is 35.5 Å². The summed E-state index contributed by atoms with van der Waals surface area (Å²) in [5.74, 6) is 0.665. The van der Waals surface area contributed by atoms with E-state index < -0.39 is 0 Å². The first-order valence-corrected chi connectivity index (χ1v) is 7.72.